The Morgan fingerprint density at radius 3 is 2.70 bits per heavy atom. The van der Waals surface area contributed by atoms with Gasteiger partial charge in [0.15, 0.2) is 0 Å². The molecule has 176 valence electrons. The van der Waals surface area contributed by atoms with Crippen molar-refractivity contribution in [3.63, 3.8) is 0 Å². The molecule has 1 N–H and O–H groups in total. The minimum absolute atomic E-state index is 0.208. The number of hydrogen-bond donors (Lipinski definition) is 1. The fourth-order valence-corrected chi connectivity index (χ4v) is 6.19. The molecule has 1 aromatic carbocycles. The maximum absolute atomic E-state index is 13.6. The lowest BCUT2D eigenvalue weighted by molar-refractivity contribution is 0.0526. The lowest BCUT2D eigenvalue weighted by Gasteiger charge is -2.18. The lowest BCUT2D eigenvalue weighted by atomic mass is 9.88. The molecule has 2 aromatic heterocycles. The number of esters is 1. The molecule has 3 aromatic rings. The van der Waals surface area contributed by atoms with Crippen molar-refractivity contribution in [3.8, 4) is 5.75 Å². The van der Waals surface area contributed by atoms with Crippen LogP contribution in [0, 0.1) is 12.8 Å². The summed E-state index contributed by atoms with van der Waals surface area (Å²) in [5.74, 6) is 0.798. The van der Waals surface area contributed by atoms with Gasteiger partial charge in [-0.2, -0.15) is 0 Å². The standard InChI is InChI=1S/C26H32N2O4S/c1-6-28-20-12-10-17(31-7-2)14-19(20)16(5)23(28)24(29)27-25-22(26(30)32-8-3)18-11-9-15(4)13-21(18)33-25/h10,12,14-15H,6-9,11,13H2,1-5H3,(H,27,29). The van der Waals surface area contributed by atoms with E-state index in [-0.39, 0.29) is 11.9 Å². The van der Waals surface area contributed by atoms with Crippen molar-refractivity contribution in [2.75, 3.05) is 18.5 Å². The summed E-state index contributed by atoms with van der Waals surface area (Å²) in [4.78, 5) is 27.6. The molecule has 6 nitrogen and oxygen atoms in total. The van der Waals surface area contributed by atoms with E-state index < -0.39 is 0 Å². The van der Waals surface area contributed by atoms with Crippen LogP contribution >= 0.6 is 11.3 Å². The third kappa shape index (κ3) is 4.26. The molecule has 0 spiro atoms. The molecule has 0 bridgehead atoms. The predicted molar refractivity (Wildman–Crippen MR) is 133 cm³/mol. The summed E-state index contributed by atoms with van der Waals surface area (Å²) in [6, 6.07) is 5.93. The van der Waals surface area contributed by atoms with Crippen LogP contribution in [0.25, 0.3) is 10.9 Å². The van der Waals surface area contributed by atoms with Crippen molar-refractivity contribution in [2.45, 2.75) is 60.4 Å². The van der Waals surface area contributed by atoms with Crippen LogP contribution in [-0.2, 0) is 24.1 Å². The van der Waals surface area contributed by atoms with Gasteiger partial charge in [0.25, 0.3) is 5.91 Å². The Hall–Kier alpha value is -2.80. The Bertz CT molecular complexity index is 1210. The summed E-state index contributed by atoms with van der Waals surface area (Å²) < 4.78 is 13.0. The summed E-state index contributed by atoms with van der Waals surface area (Å²) >= 11 is 1.52. The fraction of sp³-hybridized carbons (Fsp3) is 0.462. The van der Waals surface area contributed by atoms with Crippen LogP contribution in [0.2, 0.25) is 0 Å². The smallest absolute Gasteiger partial charge is 0.341 e. The molecular weight excluding hydrogens is 436 g/mol. The van der Waals surface area contributed by atoms with Gasteiger partial charge in [-0.15, -0.1) is 11.3 Å². The van der Waals surface area contributed by atoms with E-state index in [1.54, 1.807) is 6.92 Å². The molecule has 7 heteroatoms. The van der Waals surface area contributed by atoms with Crippen molar-refractivity contribution in [3.05, 3.63) is 45.5 Å². The van der Waals surface area contributed by atoms with Crippen LogP contribution in [0.1, 0.15) is 71.0 Å². The Morgan fingerprint density at radius 2 is 2.00 bits per heavy atom. The highest BCUT2D eigenvalue weighted by atomic mass is 32.1. The zero-order valence-electron chi connectivity index (χ0n) is 20.0. The third-order valence-electron chi connectivity index (χ3n) is 6.35. The van der Waals surface area contributed by atoms with Gasteiger partial charge in [-0.05, 0) is 82.2 Å². The SMILES string of the molecule is CCOC(=O)c1c(NC(=O)c2c(C)c3cc(OCC)ccc3n2CC)sc2c1CCC(C)C2. The van der Waals surface area contributed by atoms with Crippen LogP contribution < -0.4 is 10.1 Å². The molecule has 1 atom stereocenters. The van der Waals surface area contributed by atoms with Crippen molar-refractivity contribution < 1.29 is 19.1 Å². The van der Waals surface area contributed by atoms with E-state index in [1.165, 1.54) is 16.2 Å². The lowest BCUT2D eigenvalue weighted by Crippen LogP contribution is -2.19. The topological polar surface area (TPSA) is 69.6 Å². The normalized spacial score (nSPS) is 15.4. The summed E-state index contributed by atoms with van der Waals surface area (Å²) in [6.07, 6.45) is 2.80. The Balaban J connectivity index is 1.76. The second-order valence-corrected chi connectivity index (χ2v) is 9.67. The van der Waals surface area contributed by atoms with E-state index >= 15 is 0 Å². The molecule has 0 saturated carbocycles. The van der Waals surface area contributed by atoms with Crippen molar-refractivity contribution >= 4 is 39.1 Å². The van der Waals surface area contributed by atoms with Crippen LogP contribution in [0.3, 0.4) is 0 Å². The first-order chi connectivity index (χ1) is 15.9. The van der Waals surface area contributed by atoms with E-state index in [4.69, 9.17) is 9.47 Å². The minimum Gasteiger partial charge on any atom is -0.494 e. The van der Waals surface area contributed by atoms with Gasteiger partial charge in [-0.3, -0.25) is 4.79 Å². The van der Waals surface area contributed by atoms with Crippen LogP contribution in [-0.4, -0.2) is 29.7 Å². The highest BCUT2D eigenvalue weighted by Crippen LogP contribution is 2.40. The summed E-state index contributed by atoms with van der Waals surface area (Å²) in [5.41, 5.74) is 4.08. The van der Waals surface area contributed by atoms with Gasteiger partial charge in [-0.25, -0.2) is 4.79 Å². The van der Waals surface area contributed by atoms with E-state index in [2.05, 4.69) is 12.2 Å². The maximum atomic E-state index is 13.6. The second-order valence-electron chi connectivity index (χ2n) is 8.56. The van der Waals surface area contributed by atoms with E-state index in [0.717, 1.165) is 47.0 Å². The average molecular weight is 469 g/mol. The number of anilines is 1. The number of nitrogens with zero attached hydrogens (tertiary/aromatic N) is 1. The van der Waals surface area contributed by atoms with E-state index in [9.17, 15) is 9.59 Å². The molecule has 2 heterocycles. The van der Waals surface area contributed by atoms with Crippen molar-refractivity contribution in [1.29, 1.82) is 0 Å². The number of thiophene rings is 1. The molecule has 1 amide bonds. The van der Waals surface area contributed by atoms with E-state index in [0.29, 0.717) is 41.9 Å². The molecule has 1 aliphatic rings. The number of nitrogens with one attached hydrogen (secondary N) is 1. The summed E-state index contributed by atoms with van der Waals surface area (Å²) in [5, 5.41) is 4.68. The Labute approximate surface area is 198 Å². The zero-order valence-corrected chi connectivity index (χ0v) is 20.9. The first-order valence-corrected chi connectivity index (χ1v) is 12.6. The number of aryl methyl sites for hydroxylation is 2. The number of fused-ring (bicyclic) bond motifs is 2. The molecule has 0 radical (unpaired) electrons. The number of benzene rings is 1. The monoisotopic (exact) mass is 468 g/mol. The van der Waals surface area contributed by atoms with E-state index in [1.807, 2.05) is 43.5 Å². The van der Waals surface area contributed by atoms with Crippen molar-refractivity contribution in [2.24, 2.45) is 5.92 Å². The maximum Gasteiger partial charge on any atom is 0.341 e. The molecular formula is C26H32N2O4S. The van der Waals surface area contributed by atoms with Gasteiger partial charge >= 0.3 is 5.97 Å². The summed E-state index contributed by atoms with van der Waals surface area (Å²) in [7, 11) is 0. The molecule has 33 heavy (non-hydrogen) atoms. The minimum atomic E-state index is -0.353. The number of rotatable bonds is 7. The van der Waals surface area contributed by atoms with Gasteiger partial charge in [0.1, 0.15) is 16.4 Å². The Kier molecular flexibility index (Phi) is 6.79. The number of carbonyl (C=O) groups excluding carboxylic acids is 2. The van der Waals surface area contributed by atoms with Gasteiger partial charge in [0, 0.05) is 22.3 Å². The van der Waals surface area contributed by atoms with Crippen LogP contribution in [0.5, 0.6) is 5.75 Å². The number of amides is 1. The third-order valence-corrected chi connectivity index (χ3v) is 7.52. The van der Waals surface area contributed by atoms with Gasteiger partial charge in [0.05, 0.1) is 18.8 Å². The number of aromatic nitrogens is 1. The zero-order chi connectivity index (χ0) is 23.7. The van der Waals surface area contributed by atoms with Crippen LogP contribution in [0.15, 0.2) is 18.2 Å². The fourth-order valence-electron chi connectivity index (χ4n) is 4.80. The molecule has 0 aliphatic heterocycles. The molecule has 1 unspecified atom stereocenters. The average Bonchev–Trinajstić information content (AvgIpc) is 3.27. The summed E-state index contributed by atoms with van der Waals surface area (Å²) in [6.45, 7) is 11.5. The first kappa shape index (κ1) is 23.4. The second kappa shape index (κ2) is 9.59. The molecule has 1 aliphatic carbocycles. The van der Waals surface area contributed by atoms with Gasteiger partial charge < -0.3 is 19.4 Å². The predicted octanol–water partition coefficient (Wildman–Crippen LogP) is 5.98. The molecule has 4 rings (SSSR count). The van der Waals surface area contributed by atoms with Gasteiger partial charge in [0.2, 0.25) is 0 Å². The van der Waals surface area contributed by atoms with Crippen LogP contribution in [0.4, 0.5) is 5.00 Å². The Morgan fingerprint density at radius 1 is 1.21 bits per heavy atom. The first-order valence-electron chi connectivity index (χ1n) is 11.8. The highest BCUT2D eigenvalue weighted by molar-refractivity contribution is 7.17. The molecule has 0 fully saturated rings. The highest BCUT2D eigenvalue weighted by Gasteiger charge is 2.30. The van der Waals surface area contributed by atoms with Gasteiger partial charge in [-0.1, -0.05) is 6.92 Å². The molecule has 0 saturated heterocycles. The van der Waals surface area contributed by atoms with Crippen molar-refractivity contribution in [1.82, 2.24) is 4.57 Å². The largest absolute Gasteiger partial charge is 0.494 e. The number of carbonyl (C=O) groups is 2. The quantitative estimate of drug-likeness (QED) is 0.433. The number of ether oxygens (including phenoxy) is 2. The number of hydrogen-bond acceptors (Lipinski definition) is 5.